The van der Waals surface area contributed by atoms with E-state index in [0.29, 0.717) is 12.5 Å². The minimum Gasteiger partial charge on any atom is -0.364 e. The highest BCUT2D eigenvalue weighted by molar-refractivity contribution is 5.59. The lowest BCUT2D eigenvalue weighted by Gasteiger charge is -2.15. The summed E-state index contributed by atoms with van der Waals surface area (Å²) in [6, 6.07) is 10.2. The summed E-state index contributed by atoms with van der Waals surface area (Å²) in [7, 11) is 0. The Hall–Kier alpha value is -3.48. The average molecular weight is 331 g/mol. The van der Waals surface area contributed by atoms with Crippen molar-refractivity contribution >= 4 is 5.82 Å². The first kappa shape index (κ1) is 15.1. The summed E-state index contributed by atoms with van der Waals surface area (Å²) in [4.78, 5) is 17.5. The molecule has 4 rings (SSSR count). The predicted molar refractivity (Wildman–Crippen MR) is 94.8 cm³/mol. The number of anilines is 1. The Kier molecular flexibility index (Phi) is 3.96. The predicted octanol–water partition coefficient (Wildman–Crippen LogP) is 2.77. The fourth-order valence-corrected chi connectivity index (χ4v) is 2.65. The molecule has 3 aromatic heterocycles. The summed E-state index contributed by atoms with van der Waals surface area (Å²) in [5, 5.41) is 3.43. The van der Waals surface area contributed by atoms with Gasteiger partial charge in [-0.15, -0.1) is 0 Å². The number of hydrogen-bond donors (Lipinski definition) is 1. The summed E-state index contributed by atoms with van der Waals surface area (Å²) >= 11 is 0. The number of nitrogens with one attached hydrogen (secondary N) is 1. The van der Waals surface area contributed by atoms with Gasteiger partial charge in [-0.25, -0.2) is 15.0 Å². The van der Waals surface area contributed by atoms with E-state index in [1.165, 1.54) is 5.56 Å². The van der Waals surface area contributed by atoms with Crippen molar-refractivity contribution in [2.24, 2.45) is 0 Å². The molecule has 0 aliphatic rings. The Morgan fingerprint density at radius 1 is 0.920 bits per heavy atom. The van der Waals surface area contributed by atoms with Gasteiger partial charge in [-0.1, -0.05) is 30.3 Å². The van der Waals surface area contributed by atoms with Crippen LogP contribution < -0.4 is 5.32 Å². The third-order valence-corrected chi connectivity index (χ3v) is 3.85. The van der Waals surface area contributed by atoms with Gasteiger partial charge in [0, 0.05) is 31.3 Å². The van der Waals surface area contributed by atoms with Gasteiger partial charge < -0.3 is 9.88 Å². The van der Waals surface area contributed by atoms with Crippen LogP contribution in [0.5, 0.6) is 0 Å². The molecular weight excluding hydrogens is 314 g/mol. The van der Waals surface area contributed by atoms with Gasteiger partial charge >= 0.3 is 0 Å². The van der Waals surface area contributed by atoms with E-state index in [-0.39, 0.29) is 0 Å². The van der Waals surface area contributed by atoms with Gasteiger partial charge in [0.15, 0.2) is 5.82 Å². The second kappa shape index (κ2) is 6.56. The Bertz CT molecular complexity index is 945. The van der Waals surface area contributed by atoms with Crippen LogP contribution in [0, 0.1) is 6.92 Å². The van der Waals surface area contributed by atoms with Crippen molar-refractivity contribution in [2.45, 2.75) is 13.5 Å². The zero-order chi connectivity index (χ0) is 17.1. The lowest BCUT2D eigenvalue weighted by molar-refractivity contribution is 0.881. The number of aromatic nitrogens is 6. The highest BCUT2D eigenvalue weighted by atomic mass is 15.2. The van der Waals surface area contributed by atoms with E-state index >= 15 is 0 Å². The second-order valence-electron chi connectivity index (χ2n) is 5.59. The fourth-order valence-electron chi connectivity index (χ4n) is 2.65. The molecule has 3 heterocycles. The number of aryl methyl sites for hydroxylation is 1. The topological polar surface area (TPSA) is 73.5 Å². The van der Waals surface area contributed by atoms with Crippen LogP contribution in [0.3, 0.4) is 0 Å². The molecule has 25 heavy (non-hydrogen) atoms. The molecule has 0 bridgehead atoms. The van der Waals surface area contributed by atoms with Crippen molar-refractivity contribution < 1.29 is 0 Å². The molecule has 1 N–H and O–H groups in total. The number of hydrogen-bond acceptors (Lipinski definition) is 5. The zero-order valence-corrected chi connectivity index (χ0v) is 13.7. The van der Waals surface area contributed by atoms with Gasteiger partial charge in [-0.2, -0.15) is 4.98 Å². The average Bonchev–Trinajstić information content (AvgIpc) is 3.34. The van der Waals surface area contributed by atoms with E-state index in [2.05, 4.69) is 32.4 Å². The SMILES string of the molecule is Cc1nc(-n2ccnc2)nc(NCc2ccccc2)c1-n1ccnc1. The van der Waals surface area contributed by atoms with Crippen molar-refractivity contribution in [3.05, 3.63) is 79.0 Å². The van der Waals surface area contributed by atoms with Crippen LogP contribution in [-0.4, -0.2) is 29.1 Å². The summed E-state index contributed by atoms with van der Waals surface area (Å²) < 4.78 is 3.71. The summed E-state index contributed by atoms with van der Waals surface area (Å²) in [5.41, 5.74) is 2.92. The van der Waals surface area contributed by atoms with Crippen LogP contribution in [-0.2, 0) is 6.54 Å². The van der Waals surface area contributed by atoms with Gasteiger partial charge in [0.1, 0.15) is 12.0 Å². The van der Waals surface area contributed by atoms with E-state index in [0.717, 1.165) is 17.2 Å². The van der Waals surface area contributed by atoms with Crippen LogP contribution in [0.1, 0.15) is 11.3 Å². The molecule has 7 heteroatoms. The largest absolute Gasteiger partial charge is 0.364 e. The lowest BCUT2D eigenvalue weighted by Crippen LogP contribution is -2.12. The van der Waals surface area contributed by atoms with Crippen molar-refractivity contribution in [3.63, 3.8) is 0 Å². The Morgan fingerprint density at radius 2 is 1.64 bits per heavy atom. The van der Waals surface area contributed by atoms with Gasteiger partial charge in [0.25, 0.3) is 0 Å². The minimum absolute atomic E-state index is 0.578. The third kappa shape index (κ3) is 3.12. The molecular formula is C18H17N7. The molecule has 124 valence electrons. The Balaban J connectivity index is 1.75. The molecule has 0 radical (unpaired) electrons. The van der Waals surface area contributed by atoms with Crippen LogP contribution >= 0.6 is 0 Å². The van der Waals surface area contributed by atoms with E-state index < -0.39 is 0 Å². The van der Waals surface area contributed by atoms with Crippen LogP contribution in [0.2, 0.25) is 0 Å². The number of nitrogens with zero attached hydrogens (tertiary/aromatic N) is 6. The first-order chi connectivity index (χ1) is 12.3. The lowest BCUT2D eigenvalue weighted by atomic mass is 10.2. The summed E-state index contributed by atoms with van der Waals surface area (Å²) in [6.07, 6.45) is 10.6. The molecule has 7 nitrogen and oxygen atoms in total. The number of rotatable bonds is 5. The van der Waals surface area contributed by atoms with E-state index in [1.807, 2.05) is 42.1 Å². The number of imidazole rings is 2. The standard InChI is InChI=1S/C18H17N7/c1-14-16(24-9-7-19-12-24)17(21-11-15-5-3-2-4-6-15)23-18(22-14)25-10-8-20-13-25/h2-10,12-13H,11H2,1H3,(H,21,22,23). The highest BCUT2D eigenvalue weighted by Gasteiger charge is 2.14. The molecule has 0 saturated carbocycles. The van der Waals surface area contributed by atoms with Gasteiger partial charge in [-0.3, -0.25) is 4.57 Å². The third-order valence-electron chi connectivity index (χ3n) is 3.85. The first-order valence-electron chi connectivity index (χ1n) is 7.94. The second-order valence-corrected chi connectivity index (χ2v) is 5.59. The molecule has 0 aliphatic heterocycles. The molecule has 0 atom stereocenters. The monoisotopic (exact) mass is 331 g/mol. The first-order valence-corrected chi connectivity index (χ1v) is 7.94. The van der Waals surface area contributed by atoms with Crippen molar-refractivity contribution in [1.82, 2.24) is 29.1 Å². The molecule has 0 amide bonds. The maximum atomic E-state index is 4.70. The molecule has 0 spiro atoms. The van der Waals surface area contributed by atoms with Gasteiger partial charge in [0.05, 0.1) is 12.0 Å². The van der Waals surface area contributed by atoms with Crippen LogP contribution in [0.15, 0.2) is 67.8 Å². The fraction of sp³-hybridized carbons (Fsp3) is 0.111. The summed E-state index contributed by atoms with van der Waals surface area (Å²) in [6.45, 7) is 2.63. The normalized spacial score (nSPS) is 10.8. The minimum atomic E-state index is 0.578. The maximum Gasteiger partial charge on any atom is 0.237 e. The quantitative estimate of drug-likeness (QED) is 0.609. The molecule has 0 saturated heterocycles. The molecule has 0 fully saturated rings. The highest BCUT2D eigenvalue weighted by Crippen LogP contribution is 2.23. The Morgan fingerprint density at radius 3 is 2.32 bits per heavy atom. The van der Waals surface area contributed by atoms with Gasteiger partial charge in [0.2, 0.25) is 5.95 Å². The Labute approximate surface area is 145 Å². The zero-order valence-electron chi connectivity index (χ0n) is 13.7. The van der Waals surface area contributed by atoms with Crippen molar-refractivity contribution in [2.75, 3.05) is 5.32 Å². The van der Waals surface area contributed by atoms with Crippen LogP contribution in [0.25, 0.3) is 11.6 Å². The van der Waals surface area contributed by atoms with E-state index in [4.69, 9.17) is 4.98 Å². The summed E-state index contributed by atoms with van der Waals surface area (Å²) in [5.74, 6) is 1.33. The van der Waals surface area contributed by atoms with Crippen molar-refractivity contribution in [3.8, 4) is 11.6 Å². The van der Waals surface area contributed by atoms with Crippen LogP contribution in [0.4, 0.5) is 5.82 Å². The molecule has 1 aromatic carbocycles. The van der Waals surface area contributed by atoms with Crippen molar-refractivity contribution in [1.29, 1.82) is 0 Å². The van der Waals surface area contributed by atoms with Gasteiger partial charge in [-0.05, 0) is 12.5 Å². The molecule has 0 aliphatic carbocycles. The smallest absolute Gasteiger partial charge is 0.237 e. The molecule has 0 unspecified atom stereocenters. The van der Waals surface area contributed by atoms with E-state index in [1.54, 1.807) is 29.6 Å². The number of benzene rings is 1. The maximum absolute atomic E-state index is 4.70. The molecule has 4 aromatic rings. The van der Waals surface area contributed by atoms with E-state index in [9.17, 15) is 0 Å².